The van der Waals surface area contributed by atoms with E-state index in [0.717, 1.165) is 17.8 Å². The van der Waals surface area contributed by atoms with Gasteiger partial charge in [-0.05, 0) is 44.0 Å². The number of amides is 1. The number of carbonyl (C=O) groups excluding carboxylic acids is 1. The van der Waals surface area contributed by atoms with Crippen molar-refractivity contribution in [2.45, 2.75) is 38.8 Å². The minimum atomic E-state index is -0.206. The van der Waals surface area contributed by atoms with Crippen LogP contribution in [0.4, 0.5) is 5.69 Å². The highest BCUT2D eigenvalue weighted by atomic mass is 16.1. The average molecular weight is 386 g/mol. The number of hydrogen-bond acceptors (Lipinski definition) is 4. The first-order chi connectivity index (χ1) is 14.2. The molecule has 2 aromatic carbocycles. The zero-order chi connectivity index (χ0) is 20.1. The van der Waals surface area contributed by atoms with Crippen molar-refractivity contribution < 1.29 is 4.79 Å². The number of nitrogens with one attached hydrogen (secondary N) is 1. The lowest BCUT2D eigenvalue weighted by atomic mass is 10.0. The molecule has 1 fully saturated rings. The molecule has 4 rings (SSSR count). The summed E-state index contributed by atoms with van der Waals surface area (Å²) in [5.74, 6) is 0.403. The fourth-order valence-electron chi connectivity index (χ4n) is 3.71. The van der Waals surface area contributed by atoms with Crippen LogP contribution in [0.5, 0.6) is 0 Å². The number of aromatic nitrogens is 2. The molecule has 0 radical (unpaired) electrons. The van der Waals surface area contributed by atoms with Gasteiger partial charge in [0.2, 0.25) is 0 Å². The van der Waals surface area contributed by atoms with Gasteiger partial charge < -0.3 is 5.32 Å². The summed E-state index contributed by atoms with van der Waals surface area (Å²) in [6.45, 7) is 4.43. The molecule has 0 aliphatic carbocycles. The summed E-state index contributed by atoms with van der Waals surface area (Å²) < 4.78 is 0. The maximum absolute atomic E-state index is 12.5. The van der Waals surface area contributed by atoms with Gasteiger partial charge in [-0.1, -0.05) is 48.9 Å². The Morgan fingerprint density at radius 1 is 1.03 bits per heavy atom. The lowest BCUT2D eigenvalue weighted by Gasteiger charge is -2.33. The van der Waals surface area contributed by atoms with E-state index in [1.54, 1.807) is 12.4 Å². The SMILES string of the molecule is CC1CCCCN1Cc1ccc(NC(=O)c2cnc(-c3ccccc3)nc2)cc1. The summed E-state index contributed by atoms with van der Waals surface area (Å²) in [5.41, 5.74) is 3.42. The zero-order valence-electron chi connectivity index (χ0n) is 16.7. The van der Waals surface area contributed by atoms with E-state index < -0.39 is 0 Å². The van der Waals surface area contributed by atoms with Crippen molar-refractivity contribution >= 4 is 11.6 Å². The Labute approximate surface area is 171 Å². The zero-order valence-corrected chi connectivity index (χ0v) is 16.7. The number of benzene rings is 2. The van der Waals surface area contributed by atoms with Crippen molar-refractivity contribution in [2.75, 3.05) is 11.9 Å². The Hall–Kier alpha value is -3.05. The molecular weight excluding hydrogens is 360 g/mol. The number of hydrogen-bond donors (Lipinski definition) is 1. The van der Waals surface area contributed by atoms with Gasteiger partial charge in [0.15, 0.2) is 5.82 Å². The van der Waals surface area contributed by atoms with Crippen molar-refractivity contribution in [3.8, 4) is 11.4 Å². The highest BCUT2D eigenvalue weighted by Gasteiger charge is 2.18. The monoisotopic (exact) mass is 386 g/mol. The van der Waals surface area contributed by atoms with Gasteiger partial charge in [-0.15, -0.1) is 0 Å². The minimum absolute atomic E-state index is 0.206. The van der Waals surface area contributed by atoms with Crippen LogP contribution in [0.3, 0.4) is 0 Å². The average Bonchev–Trinajstić information content (AvgIpc) is 2.77. The molecular formula is C24H26N4O. The number of nitrogens with zero attached hydrogens (tertiary/aromatic N) is 3. The molecule has 1 saturated heterocycles. The molecule has 1 aromatic heterocycles. The van der Waals surface area contributed by atoms with Crippen LogP contribution in [0.25, 0.3) is 11.4 Å². The van der Waals surface area contributed by atoms with Crippen LogP contribution in [0.1, 0.15) is 42.1 Å². The van der Waals surface area contributed by atoms with E-state index in [9.17, 15) is 4.79 Å². The van der Waals surface area contributed by atoms with Gasteiger partial charge >= 0.3 is 0 Å². The molecule has 1 aliphatic heterocycles. The molecule has 1 unspecified atom stereocenters. The molecule has 5 nitrogen and oxygen atoms in total. The highest BCUT2D eigenvalue weighted by Crippen LogP contribution is 2.20. The van der Waals surface area contributed by atoms with Crippen LogP contribution in [-0.2, 0) is 6.54 Å². The number of anilines is 1. The molecule has 1 amide bonds. The minimum Gasteiger partial charge on any atom is -0.322 e. The number of likely N-dealkylation sites (tertiary alicyclic amines) is 1. The summed E-state index contributed by atoms with van der Waals surface area (Å²) in [5, 5.41) is 2.92. The van der Waals surface area contributed by atoms with E-state index in [2.05, 4.69) is 39.2 Å². The van der Waals surface area contributed by atoms with Gasteiger partial charge in [0.25, 0.3) is 5.91 Å². The number of carbonyl (C=O) groups is 1. The molecule has 0 saturated carbocycles. The van der Waals surface area contributed by atoms with Crippen LogP contribution >= 0.6 is 0 Å². The van der Waals surface area contributed by atoms with Crippen LogP contribution in [0.15, 0.2) is 67.0 Å². The van der Waals surface area contributed by atoms with Crippen LogP contribution in [-0.4, -0.2) is 33.4 Å². The fourth-order valence-corrected chi connectivity index (χ4v) is 3.71. The summed E-state index contributed by atoms with van der Waals surface area (Å²) in [4.78, 5) is 23.7. The van der Waals surface area contributed by atoms with Crippen molar-refractivity contribution in [1.82, 2.24) is 14.9 Å². The lowest BCUT2D eigenvalue weighted by Crippen LogP contribution is -2.36. The molecule has 1 N–H and O–H groups in total. The lowest BCUT2D eigenvalue weighted by molar-refractivity contribution is 0.102. The van der Waals surface area contributed by atoms with Crippen molar-refractivity contribution in [2.24, 2.45) is 0 Å². The maximum atomic E-state index is 12.5. The molecule has 2 heterocycles. The van der Waals surface area contributed by atoms with E-state index >= 15 is 0 Å². The molecule has 0 bridgehead atoms. The second-order valence-electron chi connectivity index (χ2n) is 7.63. The predicted molar refractivity (Wildman–Crippen MR) is 116 cm³/mol. The van der Waals surface area contributed by atoms with Gasteiger partial charge in [-0.3, -0.25) is 9.69 Å². The first kappa shape index (κ1) is 19.3. The van der Waals surface area contributed by atoms with Gasteiger partial charge in [0.05, 0.1) is 5.56 Å². The van der Waals surface area contributed by atoms with Gasteiger partial charge in [-0.2, -0.15) is 0 Å². The number of piperidine rings is 1. The highest BCUT2D eigenvalue weighted by molar-refractivity contribution is 6.03. The third-order valence-electron chi connectivity index (χ3n) is 5.48. The fraction of sp³-hybridized carbons (Fsp3) is 0.292. The Kier molecular flexibility index (Phi) is 5.96. The van der Waals surface area contributed by atoms with Crippen LogP contribution in [0.2, 0.25) is 0 Å². The van der Waals surface area contributed by atoms with Gasteiger partial charge in [-0.25, -0.2) is 9.97 Å². The third-order valence-corrected chi connectivity index (χ3v) is 5.48. The van der Waals surface area contributed by atoms with Crippen molar-refractivity contribution in [3.63, 3.8) is 0 Å². The molecule has 29 heavy (non-hydrogen) atoms. The first-order valence-electron chi connectivity index (χ1n) is 10.2. The first-order valence-corrected chi connectivity index (χ1v) is 10.2. The van der Waals surface area contributed by atoms with Crippen molar-refractivity contribution in [3.05, 3.63) is 78.1 Å². The summed E-state index contributed by atoms with van der Waals surface area (Å²) in [6.07, 6.45) is 7.02. The smallest absolute Gasteiger partial charge is 0.258 e. The standard InChI is InChI=1S/C24H26N4O/c1-18-7-5-6-14-28(18)17-19-10-12-22(13-11-19)27-24(29)21-15-25-23(26-16-21)20-8-3-2-4-9-20/h2-4,8-13,15-16,18H,5-7,14,17H2,1H3,(H,27,29). The van der Waals surface area contributed by atoms with Gasteiger partial charge in [0, 0.05) is 36.2 Å². The predicted octanol–water partition coefficient (Wildman–Crippen LogP) is 4.77. The second-order valence-corrected chi connectivity index (χ2v) is 7.63. The van der Waals surface area contributed by atoms with E-state index in [4.69, 9.17) is 0 Å². The topological polar surface area (TPSA) is 58.1 Å². The molecule has 5 heteroatoms. The van der Waals surface area contributed by atoms with Crippen LogP contribution < -0.4 is 5.32 Å². The normalized spacial score (nSPS) is 17.1. The molecule has 1 aliphatic rings. The molecule has 3 aromatic rings. The Morgan fingerprint density at radius 3 is 2.45 bits per heavy atom. The van der Waals surface area contributed by atoms with E-state index in [1.807, 2.05) is 42.5 Å². The number of rotatable bonds is 5. The van der Waals surface area contributed by atoms with Crippen molar-refractivity contribution in [1.29, 1.82) is 0 Å². The second kappa shape index (κ2) is 8.97. The third kappa shape index (κ3) is 4.87. The van der Waals surface area contributed by atoms with Gasteiger partial charge in [0.1, 0.15) is 0 Å². The largest absolute Gasteiger partial charge is 0.322 e. The van der Waals surface area contributed by atoms with E-state index in [-0.39, 0.29) is 5.91 Å². The molecule has 0 spiro atoms. The molecule has 1 atom stereocenters. The van der Waals surface area contributed by atoms with E-state index in [1.165, 1.54) is 31.4 Å². The summed E-state index contributed by atoms with van der Waals surface area (Å²) >= 11 is 0. The Bertz CT molecular complexity index is 939. The Morgan fingerprint density at radius 2 is 1.76 bits per heavy atom. The summed E-state index contributed by atoms with van der Waals surface area (Å²) in [6, 6.07) is 18.5. The Balaban J connectivity index is 1.37. The molecule has 148 valence electrons. The van der Waals surface area contributed by atoms with Crippen LogP contribution in [0, 0.1) is 0 Å². The summed E-state index contributed by atoms with van der Waals surface area (Å²) in [7, 11) is 0. The quantitative estimate of drug-likeness (QED) is 0.686. The van der Waals surface area contributed by atoms with E-state index in [0.29, 0.717) is 17.4 Å². The maximum Gasteiger partial charge on any atom is 0.258 e.